The highest BCUT2D eigenvalue weighted by atomic mass is 16.5. The molecule has 1 aromatic rings. The molecule has 0 spiro atoms. The number of carbonyl (C=O) groups excluding carboxylic acids is 1. The molecule has 0 aliphatic carbocycles. The molecule has 0 atom stereocenters. The van der Waals surface area contributed by atoms with Crippen LogP contribution in [0.4, 0.5) is 0 Å². The molecule has 0 N–H and O–H groups in total. The van der Waals surface area contributed by atoms with Gasteiger partial charge in [0.05, 0.1) is 20.4 Å². The number of carbonyl (C=O) groups is 1. The van der Waals surface area contributed by atoms with Crippen molar-refractivity contribution in [3.05, 3.63) is 24.4 Å². The van der Waals surface area contributed by atoms with Gasteiger partial charge in [0.15, 0.2) is 0 Å². The zero-order valence-corrected chi connectivity index (χ0v) is 8.98. The van der Waals surface area contributed by atoms with Crippen molar-refractivity contribution in [1.29, 1.82) is 0 Å². The zero-order valence-electron chi connectivity index (χ0n) is 8.98. The number of methoxy groups -OCH3 is 2. The predicted octanol–water partition coefficient (Wildman–Crippen LogP) is 0.600. The average Bonchev–Trinajstić information content (AvgIpc) is 2.35. The monoisotopic (exact) mass is 218 g/mol. The molecule has 0 saturated heterocycles. The molecule has 0 amide bonds. The van der Waals surface area contributed by atoms with Crippen LogP contribution in [0.5, 0.6) is 11.9 Å². The van der Waals surface area contributed by atoms with Crippen molar-refractivity contribution < 1.29 is 14.3 Å². The number of nitrogens with zero attached hydrogens (tertiary/aromatic N) is 2. The van der Waals surface area contributed by atoms with E-state index < -0.39 is 0 Å². The average molecular weight is 218 g/mol. The highest BCUT2D eigenvalue weighted by Crippen LogP contribution is 2.15. The molecule has 0 saturated carbocycles. The van der Waals surface area contributed by atoms with Crippen LogP contribution in [0.2, 0.25) is 0 Å². The number of ketones is 1. The third-order valence-corrected chi connectivity index (χ3v) is 1.61. The summed E-state index contributed by atoms with van der Waals surface area (Å²) in [5, 5.41) is 0. The lowest BCUT2D eigenvalue weighted by Gasteiger charge is -2.02. The standard InChI is InChI=1S/C11H10N2O3/c1-4-9(14)6-5-8-7-12-11(16-3)13-10(8)15-2/h4,7H,1H2,2-3H3. The summed E-state index contributed by atoms with van der Waals surface area (Å²) in [5.74, 6) is 4.83. The van der Waals surface area contributed by atoms with Crippen LogP contribution in [-0.2, 0) is 4.79 Å². The van der Waals surface area contributed by atoms with Crippen molar-refractivity contribution in [3.8, 4) is 23.7 Å². The zero-order chi connectivity index (χ0) is 12.0. The van der Waals surface area contributed by atoms with Gasteiger partial charge in [0.25, 0.3) is 0 Å². The van der Waals surface area contributed by atoms with Crippen LogP contribution in [0.3, 0.4) is 0 Å². The molecular formula is C11H10N2O3. The first-order chi connectivity index (χ1) is 7.71. The Morgan fingerprint density at radius 2 is 2.25 bits per heavy atom. The highest BCUT2D eigenvalue weighted by molar-refractivity contribution is 6.04. The minimum atomic E-state index is -0.377. The van der Waals surface area contributed by atoms with Gasteiger partial charge in [-0.2, -0.15) is 4.98 Å². The first-order valence-electron chi connectivity index (χ1n) is 4.34. The van der Waals surface area contributed by atoms with E-state index in [-0.39, 0.29) is 17.7 Å². The van der Waals surface area contributed by atoms with Gasteiger partial charge in [0.2, 0.25) is 11.7 Å². The van der Waals surface area contributed by atoms with Gasteiger partial charge >= 0.3 is 6.01 Å². The Bertz CT molecular complexity index is 472. The molecular weight excluding hydrogens is 208 g/mol. The van der Waals surface area contributed by atoms with Gasteiger partial charge in [0.1, 0.15) is 5.56 Å². The first-order valence-corrected chi connectivity index (χ1v) is 4.34. The third kappa shape index (κ3) is 2.82. The maximum Gasteiger partial charge on any atom is 0.319 e. The van der Waals surface area contributed by atoms with Crippen LogP contribution in [0, 0.1) is 11.8 Å². The van der Waals surface area contributed by atoms with Crippen molar-refractivity contribution >= 4 is 5.78 Å². The van der Waals surface area contributed by atoms with E-state index in [1.807, 2.05) is 0 Å². The van der Waals surface area contributed by atoms with E-state index in [9.17, 15) is 4.79 Å². The van der Waals surface area contributed by atoms with Crippen molar-refractivity contribution in [2.24, 2.45) is 0 Å². The normalized spacial score (nSPS) is 8.62. The molecule has 0 aliphatic rings. The Kier molecular flexibility index (Phi) is 4.04. The largest absolute Gasteiger partial charge is 0.480 e. The van der Waals surface area contributed by atoms with Gasteiger partial charge in [-0.3, -0.25) is 4.79 Å². The van der Waals surface area contributed by atoms with Crippen LogP contribution >= 0.6 is 0 Å². The summed E-state index contributed by atoms with van der Waals surface area (Å²) >= 11 is 0. The summed E-state index contributed by atoms with van der Waals surface area (Å²) in [6.07, 6.45) is 2.55. The summed E-state index contributed by atoms with van der Waals surface area (Å²) in [6.45, 7) is 3.31. The summed E-state index contributed by atoms with van der Waals surface area (Å²) in [5.41, 5.74) is 0.415. The number of hydrogen-bond donors (Lipinski definition) is 0. The second kappa shape index (κ2) is 5.51. The number of rotatable bonds is 3. The van der Waals surface area contributed by atoms with Crippen LogP contribution in [0.25, 0.3) is 0 Å². The lowest BCUT2D eigenvalue weighted by molar-refractivity contribution is -0.109. The first kappa shape index (κ1) is 11.7. The Hall–Kier alpha value is -2.35. The van der Waals surface area contributed by atoms with Gasteiger partial charge in [-0.25, -0.2) is 4.98 Å². The van der Waals surface area contributed by atoms with Crippen LogP contribution in [-0.4, -0.2) is 30.0 Å². The molecule has 5 heteroatoms. The van der Waals surface area contributed by atoms with Crippen molar-refractivity contribution in [2.75, 3.05) is 14.2 Å². The van der Waals surface area contributed by atoms with Gasteiger partial charge < -0.3 is 9.47 Å². The summed E-state index contributed by atoms with van der Waals surface area (Å²) in [6, 6.07) is 0.178. The summed E-state index contributed by atoms with van der Waals surface area (Å²) in [4.78, 5) is 18.7. The molecule has 1 rings (SSSR count). The highest BCUT2D eigenvalue weighted by Gasteiger charge is 2.05. The summed E-state index contributed by atoms with van der Waals surface area (Å²) in [7, 11) is 2.89. The number of ether oxygens (including phenoxy) is 2. The topological polar surface area (TPSA) is 61.3 Å². The van der Waals surface area contributed by atoms with Crippen LogP contribution in [0.1, 0.15) is 5.56 Å². The molecule has 0 bridgehead atoms. The van der Waals surface area contributed by atoms with Crippen molar-refractivity contribution in [2.45, 2.75) is 0 Å². The minimum Gasteiger partial charge on any atom is -0.480 e. The molecule has 0 aromatic carbocycles. The number of aromatic nitrogens is 2. The molecule has 0 unspecified atom stereocenters. The van der Waals surface area contributed by atoms with Gasteiger partial charge in [0, 0.05) is 0 Å². The maximum atomic E-state index is 10.9. The smallest absolute Gasteiger partial charge is 0.319 e. The molecule has 16 heavy (non-hydrogen) atoms. The van der Waals surface area contributed by atoms with Gasteiger partial charge in [-0.1, -0.05) is 12.5 Å². The Morgan fingerprint density at radius 3 is 2.81 bits per heavy atom. The van der Waals surface area contributed by atoms with E-state index in [1.165, 1.54) is 20.4 Å². The Morgan fingerprint density at radius 1 is 1.50 bits per heavy atom. The molecule has 0 aliphatic heterocycles. The van der Waals surface area contributed by atoms with E-state index >= 15 is 0 Å². The number of hydrogen-bond acceptors (Lipinski definition) is 5. The molecule has 82 valence electrons. The summed E-state index contributed by atoms with van der Waals surface area (Å²) < 4.78 is 9.81. The Labute approximate surface area is 93.1 Å². The van der Waals surface area contributed by atoms with Crippen molar-refractivity contribution in [1.82, 2.24) is 9.97 Å². The van der Waals surface area contributed by atoms with Gasteiger partial charge in [-0.15, -0.1) is 0 Å². The second-order valence-corrected chi connectivity index (χ2v) is 2.60. The van der Waals surface area contributed by atoms with E-state index in [0.29, 0.717) is 5.56 Å². The van der Waals surface area contributed by atoms with Crippen LogP contribution < -0.4 is 9.47 Å². The third-order valence-electron chi connectivity index (χ3n) is 1.61. The van der Waals surface area contributed by atoms with Crippen LogP contribution in [0.15, 0.2) is 18.9 Å². The number of allylic oxidation sites excluding steroid dienone is 1. The van der Waals surface area contributed by atoms with E-state index in [4.69, 9.17) is 9.47 Å². The van der Waals surface area contributed by atoms with E-state index in [0.717, 1.165) is 6.08 Å². The molecule has 1 heterocycles. The maximum absolute atomic E-state index is 10.9. The van der Waals surface area contributed by atoms with Gasteiger partial charge in [-0.05, 0) is 12.0 Å². The predicted molar refractivity (Wildman–Crippen MR) is 57.2 cm³/mol. The Balaban J connectivity index is 3.07. The SMILES string of the molecule is C=CC(=O)C#Cc1cnc(OC)nc1OC. The molecule has 0 fully saturated rings. The van der Waals surface area contributed by atoms with Crippen molar-refractivity contribution in [3.63, 3.8) is 0 Å². The fourth-order valence-electron chi connectivity index (χ4n) is 0.871. The quantitative estimate of drug-likeness (QED) is 0.549. The molecule has 1 aromatic heterocycles. The fourth-order valence-corrected chi connectivity index (χ4v) is 0.871. The lowest BCUT2D eigenvalue weighted by atomic mass is 10.3. The van der Waals surface area contributed by atoms with E-state index in [1.54, 1.807) is 0 Å². The fraction of sp³-hybridized carbons (Fsp3) is 0.182. The lowest BCUT2D eigenvalue weighted by Crippen LogP contribution is -1.98. The second-order valence-electron chi connectivity index (χ2n) is 2.60. The van der Waals surface area contributed by atoms with E-state index in [2.05, 4.69) is 28.4 Å². The minimum absolute atomic E-state index is 0.178. The molecule has 5 nitrogen and oxygen atoms in total. The molecule has 0 radical (unpaired) electrons.